The van der Waals surface area contributed by atoms with Crippen LogP contribution in [0.2, 0.25) is 0 Å². The van der Waals surface area contributed by atoms with Crippen molar-refractivity contribution in [3.63, 3.8) is 0 Å². The molecule has 24 heavy (non-hydrogen) atoms. The van der Waals surface area contributed by atoms with E-state index in [1.165, 1.54) is 24.1 Å². The van der Waals surface area contributed by atoms with Crippen molar-refractivity contribution in [3.8, 4) is 5.75 Å². The number of ether oxygens (including phenoxy) is 2. The van der Waals surface area contributed by atoms with Crippen LogP contribution in [-0.4, -0.2) is 48.0 Å². The molecule has 0 saturated heterocycles. The zero-order valence-electron chi connectivity index (χ0n) is 14.1. The number of aliphatic hydroxyl groups excluding tert-OH is 1. The maximum Gasteiger partial charge on any atom is 0.416 e. The van der Waals surface area contributed by atoms with Gasteiger partial charge in [0.1, 0.15) is 24.1 Å². The van der Waals surface area contributed by atoms with E-state index in [0.29, 0.717) is 0 Å². The lowest BCUT2D eigenvalue weighted by molar-refractivity contribution is -0.137. The topological polar surface area (TPSA) is 59.0 Å². The minimum atomic E-state index is -4.41. The molecule has 0 bridgehead atoms. The number of amides is 1. The van der Waals surface area contributed by atoms with Gasteiger partial charge in [-0.15, -0.1) is 0 Å². The van der Waals surface area contributed by atoms with Gasteiger partial charge in [0, 0.05) is 7.05 Å². The minimum Gasteiger partial charge on any atom is -0.491 e. The fourth-order valence-electron chi connectivity index (χ4n) is 1.72. The first-order chi connectivity index (χ1) is 10.9. The van der Waals surface area contributed by atoms with E-state index >= 15 is 0 Å². The van der Waals surface area contributed by atoms with Gasteiger partial charge in [-0.2, -0.15) is 13.2 Å². The van der Waals surface area contributed by atoms with E-state index in [9.17, 15) is 23.1 Å². The highest BCUT2D eigenvalue weighted by molar-refractivity contribution is 5.67. The maximum absolute atomic E-state index is 12.4. The first kappa shape index (κ1) is 20.1. The van der Waals surface area contributed by atoms with Crippen LogP contribution in [0.5, 0.6) is 5.75 Å². The number of alkyl halides is 3. The number of halogens is 3. The highest BCUT2D eigenvalue weighted by Crippen LogP contribution is 2.30. The van der Waals surface area contributed by atoms with Crippen molar-refractivity contribution in [1.82, 2.24) is 4.90 Å². The van der Waals surface area contributed by atoms with Crippen LogP contribution in [0.3, 0.4) is 0 Å². The third-order valence-corrected chi connectivity index (χ3v) is 2.81. The summed E-state index contributed by atoms with van der Waals surface area (Å²) in [5.41, 5.74) is -1.42. The van der Waals surface area contributed by atoms with E-state index in [1.54, 1.807) is 20.8 Å². The molecule has 5 nitrogen and oxygen atoms in total. The molecule has 0 fully saturated rings. The first-order valence-electron chi connectivity index (χ1n) is 7.31. The maximum atomic E-state index is 12.4. The molecule has 1 atom stereocenters. The molecule has 0 spiro atoms. The molecule has 0 aromatic heterocycles. The number of rotatable bonds is 5. The molecule has 1 rings (SSSR count). The molecule has 8 heteroatoms. The molecule has 0 aliphatic carbocycles. The summed E-state index contributed by atoms with van der Waals surface area (Å²) in [6.07, 6.45) is -6.00. The van der Waals surface area contributed by atoms with Crippen LogP contribution in [-0.2, 0) is 10.9 Å². The minimum absolute atomic E-state index is 0.0322. The van der Waals surface area contributed by atoms with Crippen LogP contribution in [0, 0.1) is 0 Å². The summed E-state index contributed by atoms with van der Waals surface area (Å²) in [6.45, 7) is 4.97. The number of carbonyl (C=O) groups is 1. The predicted octanol–water partition coefficient (Wildman–Crippen LogP) is 3.31. The van der Waals surface area contributed by atoms with Gasteiger partial charge in [-0.05, 0) is 45.0 Å². The second kappa shape index (κ2) is 7.74. The standard InChI is InChI=1S/C16H22F3NO4/c1-15(2,3)24-14(22)20(4)9-12(21)10-23-13-7-5-11(6-8-13)16(17,18)19/h5-8,12,21H,9-10H2,1-4H3. The fourth-order valence-corrected chi connectivity index (χ4v) is 1.72. The average Bonchev–Trinajstić information content (AvgIpc) is 2.42. The van der Waals surface area contributed by atoms with Crippen molar-refractivity contribution >= 4 is 6.09 Å². The molecule has 0 heterocycles. The van der Waals surface area contributed by atoms with E-state index in [0.717, 1.165) is 12.1 Å². The molecular weight excluding hydrogens is 327 g/mol. The molecule has 136 valence electrons. The Bertz CT molecular complexity index is 538. The van der Waals surface area contributed by atoms with Crippen molar-refractivity contribution in [2.45, 2.75) is 38.7 Å². The van der Waals surface area contributed by atoms with E-state index in [2.05, 4.69) is 0 Å². The van der Waals surface area contributed by atoms with Gasteiger partial charge in [-0.3, -0.25) is 0 Å². The summed E-state index contributed by atoms with van der Waals surface area (Å²) in [6, 6.07) is 4.14. The smallest absolute Gasteiger partial charge is 0.416 e. The van der Waals surface area contributed by atoms with Crippen LogP contribution < -0.4 is 4.74 Å². The molecule has 1 amide bonds. The van der Waals surface area contributed by atoms with Crippen molar-refractivity contribution in [1.29, 1.82) is 0 Å². The Morgan fingerprint density at radius 3 is 2.21 bits per heavy atom. The lowest BCUT2D eigenvalue weighted by atomic mass is 10.2. The summed E-state index contributed by atoms with van der Waals surface area (Å²) in [4.78, 5) is 12.9. The number of aliphatic hydroxyl groups is 1. The van der Waals surface area contributed by atoms with E-state index in [1.807, 2.05) is 0 Å². The molecule has 1 N–H and O–H groups in total. The monoisotopic (exact) mass is 349 g/mol. The third-order valence-electron chi connectivity index (χ3n) is 2.81. The summed E-state index contributed by atoms with van der Waals surface area (Å²) in [5, 5.41) is 9.86. The van der Waals surface area contributed by atoms with Crippen molar-refractivity contribution in [2.75, 3.05) is 20.2 Å². The van der Waals surface area contributed by atoms with Crippen molar-refractivity contribution in [2.24, 2.45) is 0 Å². The average molecular weight is 349 g/mol. The van der Waals surface area contributed by atoms with E-state index in [4.69, 9.17) is 9.47 Å². The quantitative estimate of drug-likeness (QED) is 0.886. The Labute approximate surface area is 139 Å². The fraction of sp³-hybridized carbons (Fsp3) is 0.562. The number of carbonyl (C=O) groups excluding carboxylic acids is 1. The number of hydrogen-bond donors (Lipinski definition) is 1. The van der Waals surface area contributed by atoms with Crippen LogP contribution >= 0.6 is 0 Å². The molecule has 1 unspecified atom stereocenters. The number of likely N-dealkylation sites (N-methyl/N-ethyl adjacent to an activating group) is 1. The largest absolute Gasteiger partial charge is 0.491 e. The normalized spacial score (nSPS) is 13.3. The van der Waals surface area contributed by atoms with Crippen LogP contribution in [0.4, 0.5) is 18.0 Å². The highest BCUT2D eigenvalue weighted by atomic mass is 19.4. The number of nitrogens with zero attached hydrogens (tertiary/aromatic N) is 1. The molecule has 1 aromatic carbocycles. The lowest BCUT2D eigenvalue weighted by Gasteiger charge is -2.26. The van der Waals surface area contributed by atoms with Gasteiger partial charge in [0.2, 0.25) is 0 Å². The number of benzene rings is 1. The van der Waals surface area contributed by atoms with Crippen molar-refractivity contribution < 1.29 is 32.5 Å². The molecule has 0 aliphatic rings. The Kier molecular flexibility index (Phi) is 6.48. The van der Waals surface area contributed by atoms with Crippen LogP contribution in [0.1, 0.15) is 26.3 Å². The van der Waals surface area contributed by atoms with Crippen molar-refractivity contribution in [3.05, 3.63) is 29.8 Å². The van der Waals surface area contributed by atoms with E-state index < -0.39 is 29.5 Å². The molecular formula is C16H22F3NO4. The van der Waals surface area contributed by atoms with Gasteiger partial charge in [0.25, 0.3) is 0 Å². The Morgan fingerprint density at radius 2 is 1.75 bits per heavy atom. The van der Waals surface area contributed by atoms with E-state index in [-0.39, 0.29) is 18.9 Å². The molecule has 0 aliphatic heterocycles. The summed E-state index contributed by atoms with van der Waals surface area (Å²) >= 11 is 0. The Morgan fingerprint density at radius 1 is 1.21 bits per heavy atom. The zero-order valence-corrected chi connectivity index (χ0v) is 14.1. The van der Waals surface area contributed by atoms with Crippen LogP contribution in [0.15, 0.2) is 24.3 Å². The van der Waals surface area contributed by atoms with Gasteiger partial charge in [0.15, 0.2) is 0 Å². The summed E-state index contributed by atoms with van der Waals surface area (Å²) in [5.74, 6) is 0.196. The molecule has 0 saturated carbocycles. The molecule has 1 aromatic rings. The second-order valence-electron chi connectivity index (χ2n) is 6.35. The summed E-state index contributed by atoms with van der Waals surface area (Å²) < 4.78 is 47.7. The predicted molar refractivity (Wildman–Crippen MR) is 81.8 cm³/mol. The van der Waals surface area contributed by atoms with Gasteiger partial charge in [0.05, 0.1) is 12.1 Å². The van der Waals surface area contributed by atoms with Gasteiger partial charge in [-0.1, -0.05) is 0 Å². The molecule has 0 radical (unpaired) electrons. The SMILES string of the molecule is CN(CC(O)COc1ccc(C(F)(F)F)cc1)C(=O)OC(C)(C)C. The zero-order chi connectivity index (χ0) is 18.5. The van der Waals surface area contributed by atoms with Gasteiger partial charge in [-0.25, -0.2) is 4.79 Å². The third kappa shape index (κ3) is 7.08. The van der Waals surface area contributed by atoms with Gasteiger partial charge < -0.3 is 19.5 Å². The second-order valence-corrected chi connectivity index (χ2v) is 6.35. The Balaban J connectivity index is 2.46. The summed E-state index contributed by atoms with van der Waals surface area (Å²) in [7, 11) is 1.47. The van der Waals surface area contributed by atoms with Crippen LogP contribution in [0.25, 0.3) is 0 Å². The highest BCUT2D eigenvalue weighted by Gasteiger charge is 2.30. The lowest BCUT2D eigenvalue weighted by Crippen LogP contribution is -2.40. The van der Waals surface area contributed by atoms with Gasteiger partial charge >= 0.3 is 12.3 Å². The number of hydrogen-bond acceptors (Lipinski definition) is 4. The Hall–Kier alpha value is -1.96. The first-order valence-corrected chi connectivity index (χ1v) is 7.31.